The molecule has 1 aliphatic rings. The minimum Gasteiger partial charge on any atom is -0.468 e. The van der Waals surface area contributed by atoms with Gasteiger partial charge in [0.15, 0.2) is 6.23 Å². The second-order valence-corrected chi connectivity index (χ2v) is 7.57. The molecule has 14 nitrogen and oxygen atoms in total. The van der Waals surface area contributed by atoms with Gasteiger partial charge in [0.2, 0.25) is 0 Å². The van der Waals surface area contributed by atoms with Crippen LogP contribution in [-0.2, 0) is 23.4 Å². The standard InChI is InChI=1S/C14H22N7O7P/c1-7(11(23)26-3)18-29(25)27-6-8-10(22)14(2,19-20-16)12(28-8)21-5-4-9(15)17-13(21)24/h4-5,7-8,10,12,22,29H,6H2,1-3H3,(H,18,25)(H2,15,17,24)/t7-,8+,10+,12+,14+/m0/s1. The van der Waals surface area contributed by atoms with Crippen molar-refractivity contribution < 1.29 is 28.5 Å². The molecule has 0 bridgehead atoms. The Hall–Kier alpha value is -2.47. The van der Waals surface area contributed by atoms with Crippen molar-refractivity contribution in [2.75, 3.05) is 19.5 Å². The van der Waals surface area contributed by atoms with Crippen LogP contribution in [0.5, 0.6) is 0 Å². The predicted octanol–water partition coefficient (Wildman–Crippen LogP) is -0.290. The smallest absolute Gasteiger partial charge is 0.351 e. The number of methoxy groups -OCH3 is 1. The minimum atomic E-state index is -2.89. The van der Waals surface area contributed by atoms with Crippen molar-refractivity contribution in [3.63, 3.8) is 0 Å². The van der Waals surface area contributed by atoms with Crippen molar-refractivity contribution in [1.29, 1.82) is 0 Å². The zero-order valence-corrected chi connectivity index (χ0v) is 16.9. The molecule has 0 radical (unpaired) electrons. The van der Waals surface area contributed by atoms with E-state index in [1.807, 2.05) is 0 Å². The Morgan fingerprint density at radius 1 is 1.69 bits per heavy atom. The van der Waals surface area contributed by atoms with Gasteiger partial charge in [0.1, 0.15) is 23.5 Å². The van der Waals surface area contributed by atoms with E-state index < -0.39 is 49.9 Å². The minimum absolute atomic E-state index is 0.0143. The number of nitrogens with zero attached hydrogens (tertiary/aromatic N) is 5. The first-order valence-corrected chi connectivity index (χ1v) is 9.71. The van der Waals surface area contributed by atoms with Gasteiger partial charge in [0.05, 0.1) is 19.8 Å². The maximum absolute atomic E-state index is 12.2. The quantitative estimate of drug-likeness (QED) is 0.161. The molecule has 1 saturated heterocycles. The average Bonchev–Trinajstić information content (AvgIpc) is 2.90. The number of anilines is 1. The van der Waals surface area contributed by atoms with Gasteiger partial charge in [0, 0.05) is 11.1 Å². The number of aliphatic hydroxyl groups excluding tert-OH is 1. The summed E-state index contributed by atoms with van der Waals surface area (Å²) in [6.45, 7) is 2.46. The lowest BCUT2D eigenvalue weighted by atomic mass is 9.93. The summed E-state index contributed by atoms with van der Waals surface area (Å²) >= 11 is 0. The molecule has 6 atom stereocenters. The molecule has 15 heteroatoms. The van der Waals surface area contributed by atoms with Crippen LogP contribution < -0.4 is 16.5 Å². The number of rotatable bonds is 8. The van der Waals surface area contributed by atoms with Crippen molar-refractivity contribution >= 4 is 20.0 Å². The summed E-state index contributed by atoms with van der Waals surface area (Å²) in [4.78, 5) is 29.8. The van der Waals surface area contributed by atoms with Crippen molar-refractivity contribution in [1.82, 2.24) is 14.6 Å². The van der Waals surface area contributed by atoms with Crippen LogP contribution in [-0.4, -0.2) is 58.1 Å². The molecule has 1 aliphatic heterocycles. The highest BCUT2D eigenvalue weighted by molar-refractivity contribution is 7.36. The third-order valence-electron chi connectivity index (χ3n) is 4.39. The fraction of sp³-hybridized carbons (Fsp3) is 0.643. The maximum atomic E-state index is 12.2. The first kappa shape index (κ1) is 22.8. The first-order chi connectivity index (χ1) is 13.6. The van der Waals surface area contributed by atoms with Crippen LogP contribution in [0.2, 0.25) is 0 Å². The number of ether oxygens (including phenoxy) is 2. The molecule has 0 aliphatic carbocycles. The van der Waals surface area contributed by atoms with E-state index in [2.05, 4.69) is 24.8 Å². The lowest BCUT2D eigenvalue weighted by Gasteiger charge is -2.28. The van der Waals surface area contributed by atoms with Gasteiger partial charge in [-0.2, -0.15) is 4.98 Å². The van der Waals surface area contributed by atoms with Crippen LogP contribution >= 0.6 is 8.18 Å². The van der Waals surface area contributed by atoms with Crippen molar-refractivity contribution in [3.05, 3.63) is 33.2 Å². The second kappa shape index (κ2) is 9.35. The van der Waals surface area contributed by atoms with Gasteiger partial charge in [-0.15, -0.1) is 0 Å². The van der Waals surface area contributed by atoms with Crippen LogP contribution in [0.4, 0.5) is 5.82 Å². The number of aromatic nitrogens is 2. The Kier molecular flexibility index (Phi) is 7.36. The molecule has 2 rings (SSSR count). The molecule has 0 amide bonds. The lowest BCUT2D eigenvalue weighted by molar-refractivity contribution is -0.142. The van der Waals surface area contributed by atoms with Crippen LogP contribution in [0, 0.1) is 0 Å². The van der Waals surface area contributed by atoms with E-state index in [9.17, 15) is 19.3 Å². The van der Waals surface area contributed by atoms with E-state index in [1.54, 1.807) is 0 Å². The summed E-state index contributed by atoms with van der Waals surface area (Å²) in [6.07, 6.45) is -2.42. The Labute approximate surface area is 165 Å². The second-order valence-electron chi connectivity index (χ2n) is 6.42. The molecule has 1 aromatic heterocycles. The molecule has 160 valence electrons. The summed E-state index contributed by atoms with van der Waals surface area (Å²) in [5.41, 5.74) is 12.0. The van der Waals surface area contributed by atoms with Gasteiger partial charge in [0.25, 0.3) is 8.18 Å². The molecule has 0 spiro atoms. The predicted molar refractivity (Wildman–Crippen MR) is 99.9 cm³/mol. The highest BCUT2D eigenvalue weighted by Crippen LogP contribution is 2.41. The van der Waals surface area contributed by atoms with E-state index in [4.69, 9.17) is 20.5 Å². The Morgan fingerprint density at radius 2 is 2.38 bits per heavy atom. The number of hydrogen-bond acceptors (Lipinski definition) is 10. The number of nitrogen functional groups attached to an aromatic ring is 1. The number of esters is 1. The highest BCUT2D eigenvalue weighted by Gasteiger charge is 2.54. The fourth-order valence-electron chi connectivity index (χ4n) is 2.80. The Bertz CT molecular complexity index is 889. The lowest BCUT2D eigenvalue weighted by Crippen LogP contribution is -2.44. The van der Waals surface area contributed by atoms with E-state index in [1.165, 1.54) is 33.2 Å². The van der Waals surface area contributed by atoms with E-state index in [-0.39, 0.29) is 12.4 Å². The van der Waals surface area contributed by atoms with Crippen LogP contribution in [0.1, 0.15) is 20.1 Å². The molecule has 29 heavy (non-hydrogen) atoms. The number of hydrogen-bond donors (Lipinski definition) is 3. The third-order valence-corrected chi connectivity index (χ3v) is 5.48. The van der Waals surface area contributed by atoms with Gasteiger partial charge in [-0.25, -0.2) is 9.88 Å². The van der Waals surface area contributed by atoms with Crippen LogP contribution in [0.3, 0.4) is 0 Å². The number of azide groups is 1. The number of nitrogens with one attached hydrogen (secondary N) is 1. The molecule has 2 heterocycles. The zero-order valence-electron chi connectivity index (χ0n) is 15.9. The number of aliphatic hydroxyl groups is 1. The largest absolute Gasteiger partial charge is 0.468 e. The SMILES string of the molecule is COC(=O)[C@H](C)N[PH](=O)OC[C@H]1O[C@@H](n2ccc(N)nc2=O)[C@](C)(N=[N+]=[N-])[C@@H]1O. The van der Waals surface area contributed by atoms with Gasteiger partial charge in [-0.05, 0) is 25.4 Å². The number of carbonyl (C=O) groups is 1. The molecule has 1 fully saturated rings. The summed E-state index contributed by atoms with van der Waals surface area (Å²) in [7, 11) is -1.70. The summed E-state index contributed by atoms with van der Waals surface area (Å²) in [6, 6.07) is 0.468. The average molecular weight is 431 g/mol. The molecule has 0 saturated carbocycles. The zero-order chi connectivity index (χ0) is 21.8. The maximum Gasteiger partial charge on any atom is 0.351 e. The number of nitrogens with two attached hydrogens (primary N) is 1. The summed E-state index contributed by atoms with van der Waals surface area (Å²) in [5, 5.41) is 16.6. The molecule has 1 aromatic rings. The van der Waals surface area contributed by atoms with Crippen molar-refractivity contribution in [3.8, 4) is 0 Å². The van der Waals surface area contributed by atoms with Crippen LogP contribution in [0.15, 0.2) is 22.2 Å². The van der Waals surface area contributed by atoms with Gasteiger partial charge >= 0.3 is 11.7 Å². The number of carbonyl (C=O) groups excluding carboxylic acids is 1. The van der Waals surface area contributed by atoms with E-state index in [0.717, 1.165) is 4.57 Å². The molecule has 0 aromatic carbocycles. The first-order valence-electron chi connectivity index (χ1n) is 8.39. The van der Waals surface area contributed by atoms with Crippen molar-refractivity contribution in [2.45, 2.75) is 43.9 Å². The highest BCUT2D eigenvalue weighted by atomic mass is 31.1. The van der Waals surface area contributed by atoms with E-state index >= 15 is 0 Å². The van der Waals surface area contributed by atoms with Crippen LogP contribution in [0.25, 0.3) is 10.4 Å². The molecule has 1 unspecified atom stereocenters. The molecular formula is C14H22N7O7P. The summed E-state index contributed by atoms with van der Waals surface area (Å²) in [5.74, 6) is -0.644. The normalized spacial score (nSPS) is 28.3. The van der Waals surface area contributed by atoms with Gasteiger partial charge in [-0.1, -0.05) is 5.11 Å². The van der Waals surface area contributed by atoms with Crippen molar-refractivity contribution in [2.24, 2.45) is 5.11 Å². The molecular weight excluding hydrogens is 409 g/mol. The molecule has 4 N–H and O–H groups in total. The summed E-state index contributed by atoms with van der Waals surface area (Å²) < 4.78 is 28.4. The van der Waals surface area contributed by atoms with Gasteiger partial charge < -0.3 is 24.8 Å². The monoisotopic (exact) mass is 431 g/mol. The Balaban J connectivity index is 2.17. The van der Waals surface area contributed by atoms with Gasteiger partial charge in [-0.3, -0.25) is 13.9 Å². The third kappa shape index (κ3) is 4.93. The topological polar surface area (TPSA) is 204 Å². The Morgan fingerprint density at radius 3 is 2.97 bits per heavy atom. The fourth-order valence-corrected chi connectivity index (χ4v) is 3.67. The van der Waals surface area contributed by atoms with E-state index in [0.29, 0.717) is 0 Å².